The first-order valence-corrected chi connectivity index (χ1v) is 12.2. The molecule has 1 fully saturated rings. The van der Waals surface area contributed by atoms with Crippen molar-refractivity contribution >= 4 is 36.3 Å². The lowest BCUT2D eigenvalue weighted by atomic mass is 10.0. The summed E-state index contributed by atoms with van der Waals surface area (Å²) in [6.45, 7) is 1.17. The van der Waals surface area contributed by atoms with Crippen LogP contribution in [0.25, 0.3) is 0 Å². The Morgan fingerprint density at radius 3 is 2.29 bits per heavy atom. The number of carboxylic acid groups (broad SMARTS) is 1. The lowest BCUT2D eigenvalue weighted by Gasteiger charge is -2.24. The van der Waals surface area contributed by atoms with Crippen molar-refractivity contribution in [2.45, 2.75) is 62.7 Å². The number of rotatable bonds is 14. The average Bonchev–Trinajstić information content (AvgIpc) is 3.37. The molecule has 34 heavy (non-hydrogen) atoms. The normalized spacial score (nSPS) is 17.9. The maximum Gasteiger partial charge on any atom is 0.326 e. The van der Waals surface area contributed by atoms with Crippen molar-refractivity contribution in [3.05, 3.63) is 35.9 Å². The van der Waals surface area contributed by atoms with Crippen LogP contribution < -0.4 is 27.0 Å². The van der Waals surface area contributed by atoms with Gasteiger partial charge in [-0.2, -0.15) is 12.6 Å². The molecule has 1 aliphatic rings. The van der Waals surface area contributed by atoms with Crippen LogP contribution in [0.5, 0.6) is 0 Å². The Hall–Kier alpha value is -2.63. The fourth-order valence-corrected chi connectivity index (χ4v) is 3.99. The van der Waals surface area contributed by atoms with Gasteiger partial charge in [-0.15, -0.1) is 0 Å². The van der Waals surface area contributed by atoms with Gasteiger partial charge in [-0.3, -0.25) is 14.4 Å². The van der Waals surface area contributed by atoms with E-state index in [0.29, 0.717) is 25.8 Å². The summed E-state index contributed by atoms with van der Waals surface area (Å²) in [7, 11) is 0. The largest absolute Gasteiger partial charge is 0.480 e. The van der Waals surface area contributed by atoms with Crippen molar-refractivity contribution in [1.29, 1.82) is 0 Å². The summed E-state index contributed by atoms with van der Waals surface area (Å²) in [6, 6.07) is 5.55. The Bertz CT molecular complexity index is 819. The number of aliphatic carboxylic acids is 1. The number of carboxylic acids is 1. The third-order valence-corrected chi connectivity index (χ3v) is 6.03. The predicted octanol–water partition coefficient (Wildman–Crippen LogP) is -0.421. The fourth-order valence-electron chi connectivity index (χ4n) is 3.73. The highest BCUT2D eigenvalue weighted by molar-refractivity contribution is 7.80. The molecule has 2 rings (SSSR count). The SMILES string of the molecule is NCCCCC(NC(=O)C(CS)NC(=O)C1CCCN1)C(=O)NC(Cc1ccccc1)C(=O)O. The van der Waals surface area contributed by atoms with Gasteiger partial charge in [-0.05, 0) is 50.8 Å². The third kappa shape index (κ3) is 8.96. The molecule has 1 saturated heterocycles. The molecule has 10 nitrogen and oxygen atoms in total. The van der Waals surface area contributed by atoms with Gasteiger partial charge in [0.1, 0.15) is 18.1 Å². The van der Waals surface area contributed by atoms with E-state index in [0.717, 1.165) is 18.5 Å². The summed E-state index contributed by atoms with van der Waals surface area (Å²) in [6.07, 6.45) is 3.17. The van der Waals surface area contributed by atoms with E-state index >= 15 is 0 Å². The average molecular weight is 494 g/mol. The summed E-state index contributed by atoms with van der Waals surface area (Å²) in [5.74, 6) is -2.56. The lowest BCUT2D eigenvalue weighted by molar-refractivity contribution is -0.142. The summed E-state index contributed by atoms with van der Waals surface area (Å²) >= 11 is 4.18. The first kappa shape index (κ1) is 27.6. The molecule has 0 spiro atoms. The van der Waals surface area contributed by atoms with Crippen molar-refractivity contribution in [1.82, 2.24) is 21.3 Å². The molecule has 3 amide bonds. The number of benzene rings is 1. The maximum atomic E-state index is 13.0. The Balaban J connectivity index is 2.04. The van der Waals surface area contributed by atoms with E-state index in [9.17, 15) is 24.3 Å². The highest BCUT2D eigenvalue weighted by Gasteiger charge is 2.30. The molecule has 4 atom stereocenters. The van der Waals surface area contributed by atoms with E-state index in [1.54, 1.807) is 24.3 Å². The van der Waals surface area contributed by atoms with Crippen LogP contribution in [0.4, 0.5) is 0 Å². The van der Waals surface area contributed by atoms with Crippen molar-refractivity contribution in [2.24, 2.45) is 5.73 Å². The number of hydrogen-bond donors (Lipinski definition) is 7. The molecule has 1 aromatic rings. The molecule has 0 radical (unpaired) electrons. The number of carbonyl (C=O) groups is 4. The van der Waals surface area contributed by atoms with E-state index in [1.165, 1.54) is 0 Å². The number of nitrogens with two attached hydrogens (primary N) is 1. The zero-order chi connectivity index (χ0) is 24.9. The van der Waals surface area contributed by atoms with Crippen LogP contribution in [0.1, 0.15) is 37.7 Å². The standard InChI is InChI=1S/C23H35N5O5S/c24-11-5-4-9-17(21(30)27-18(23(32)33)13-15-7-2-1-3-8-15)26-22(31)19(14-34)28-20(29)16-10-6-12-25-16/h1-3,7-8,16-19,25,34H,4-6,9-14,24H2,(H,26,31)(H,27,30)(H,28,29)(H,32,33). The van der Waals surface area contributed by atoms with Gasteiger partial charge in [0.2, 0.25) is 17.7 Å². The van der Waals surface area contributed by atoms with Crippen LogP contribution in [0.2, 0.25) is 0 Å². The summed E-state index contributed by atoms with van der Waals surface area (Å²) in [5.41, 5.74) is 6.32. The molecule has 0 aromatic heterocycles. The first-order valence-electron chi connectivity index (χ1n) is 11.6. The van der Waals surface area contributed by atoms with Gasteiger partial charge in [0.25, 0.3) is 0 Å². The minimum atomic E-state index is -1.17. The third-order valence-electron chi connectivity index (χ3n) is 5.67. The molecule has 0 bridgehead atoms. The zero-order valence-corrected chi connectivity index (χ0v) is 20.1. The second-order valence-corrected chi connectivity index (χ2v) is 8.69. The van der Waals surface area contributed by atoms with E-state index in [4.69, 9.17) is 5.73 Å². The van der Waals surface area contributed by atoms with Gasteiger partial charge in [0.05, 0.1) is 6.04 Å². The molecular weight excluding hydrogens is 458 g/mol. The van der Waals surface area contributed by atoms with E-state index in [1.807, 2.05) is 6.07 Å². The molecule has 0 saturated carbocycles. The van der Waals surface area contributed by atoms with E-state index < -0.39 is 35.9 Å². The van der Waals surface area contributed by atoms with Crippen molar-refractivity contribution in [2.75, 3.05) is 18.8 Å². The zero-order valence-electron chi connectivity index (χ0n) is 19.2. The van der Waals surface area contributed by atoms with Crippen LogP contribution in [-0.2, 0) is 25.6 Å². The Kier molecular flexibility index (Phi) is 11.9. The van der Waals surface area contributed by atoms with Crippen LogP contribution in [0, 0.1) is 0 Å². The molecular formula is C23H35N5O5S. The second kappa shape index (κ2) is 14.6. The van der Waals surface area contributed by atoms with Crippen LogP contribution >= 0.6 is 12.6 Å². The summed E-state index contributed by atoms with van der Waals surface area (Å²) in [5, 5.41) is 20.6. The fraction of sp³-hybridized carbons (Fsp3) is 0.565. The minimum absolute atomic E-state index is 0.0488. The highest BCUT2D eigenvalue weighted by atomic mass is 32.1. The van der Waals surface area contributed by atoms with Gasteiger partial charge in [-0.1, -0.05) is 30.3 Å². The number of hydrogen-bond acceptors (Lipinski definition) is 7. The first-order chi connectivity index (χ1) is 16.3. The highest BCUT2D eigenvalue weighted by Crippen LogP contribution is 2.08. The van der Waals surface area contributed by atoms with Gasteiger partial charge >= 0.3 is 5.97 Å². The Morgan fingerprint density at radius 2 is 1.71 bits per heavy atom. The van der Waals surface area contributed by atoms with Crippen LogP contribution in [-0.4, -0.2) is 71.8 Å². The van der Waals surface area contributed by atoms with E-state index in [-0.39, 0.29) is 30.5 Å². The second-order valence-electron chi connectivity index (χ2n) is 8.33. The topological polar surface area (TPSA) is 163 Å². The number of amides is 3. The van der Waals surface area contributed by atoms with Crippen LogP contribution in [0.3, 0.4) is 0 Å². The van der Waals surface area contributed by atoms with Gasteiger partial charge in [0, 0.05) is 12.2 Å². The van der Waals surface area contributed by atoms with Gasteiger partial charge in [-0.25, -0.2) is 4.79 Å². The summed E-state index contributed by atoms with van der Waals surface area (Å²) in [4.78, 5) is 50.0. The maximum absolute atomic E-state index is 13.0. The number of nitrogens with one attached hydrogen (secondary N) is 4. The smallest absolute Gasteiger partial charge is 0.326 e. The van der Waals surface area contributed by atoms with Gasteiger partial charge < -0.3 is 32.1 Å². The number of unbranched alkanes of at least 4 members (excludes halogenated alkanes) is 1. The molecule has 1 heterocycles. The van der Waals surface area contributed by atoms with Crippen molar-refractivity contribution in [3.63, 3.8) is 0 Å². The summed E-state index contributed by atoms with van der Waals surface area (Å²) < 4.78 is 0. The van der Waals surface area contributed by atoms with Crippen LogP contribution in [0.15, 0.2) is 30.3 Å². The molecule has 188 valence electrons. The Labute approximate surface area is 205 Å². The number of carbonyl (C=O) groups excluding carboxylic acids is 3. The molecule has 7 N–H and O–H groups in total. The quantitative estimate of drug-likeness (QED) is 0.137. The Morgan fingerprint density at radius 1 is 1.03 bits per heavy atom. The predicted molar refractivity (Wildman–Crippen MR) is 131 cm³/mol. The van der Waals surface area contributed by atoms with Crippen molar-refractivity contribution in [3.8, 4) is 0 Å². The monoisotopic (exact) mass is 493 g/mol. The lowest BCUT2D eigenvalue weighted by Crippen LogP contribution is -2.57. The molecule has 0 aliphatic carbocycles. The molecule has 11 heteroatoms. The van der Waals surface area contributed by atoms with Crippen molar-refractivity contribution < 1.29 is 24.3 Å². The van der Waals surface area contributed by atoms with Gasteiger partial charge in [0.15, 0.2) is 0 Å². The minimum Gasteiger partial charge on any atom is -0.480 e. The number of thiol groups is 1. The molecule has 1 aliphatic heterocycles. The molecule has 4 unspecified atom stereocenters. The van der Waals surface area contributed by atoms with E-state index in [2.05, 4.69) is 33.9 Å². The molecule has 1 aromatic carbocycles.